The number of fused-ring (bicyclic) bond motifs is 1. The van der Waals surface area contributed by atoms with Crippen LogP contribution in [0.1, 0.15) is 12.5 Å². The van der Waals surface area contributed by atoms with Gasteiger partial charge in [-0.15, -0.1) is 23.4 Å². The smallest absolute Gasteiger partial charge is 0.168 e. The van der Waals surface area contributed by atoms with Crippen LogP contribution < -0.4 is 4.90 Å². The Labute approximate surface area is 111 Å². The minimum Gasteiger partial charge on any atom is -0.352 e. The molecule has 0 N–H and O–H groups in total. The molecule has 1 aromatic rings. The largest absolute Gasteiger partial charge is 0.352 e. The molecule has 2 atom stereocenters. The molecule has 0 amide bonds. The summed E-state index contributed by atoms with van der Waals surface area (Å²) in [5.41, 5.74) is 2.10. The van der Waals surface area contributed by atoms with Crippen LogP contribution in [0.3, 0.4) is 0 Å². The third-order valence-electron chi connectivity index (χ3n) is 3.71. The molecule has 0 spiro atoms. The molecule has 92 valence electrons. The van der Waals surface area contributed by atoms with Gasteiger partial charge >= 0.3 is 0 Å². The number of aryl methyl sites for hydroxylation is 1. The molecule has 2 nitrogen and oxygen atoms in total. The summed E-state index contributed by atoms with van der Waals surface area (Å²) in [4.78, 5) is 2.26. The van der Waals surface area contributed by atoms with Gasteiger partial charge in [0, 0.05) is 11.4 Å². The van der Waals surface area contributed by atoms with E-state index < -0.39 is 0 Å². The second-order valence-electron chi connectivity index (χ2n) is 4.83. The molecular formula is C13H16ClNOS. The van der Waals surface area contributed by atoms with Crippen molar-refractivity contribution >= 4 is 29.1 Å². The summed E-state index contributed by atoms with van der Waals surface area (Å²) >= 11 is 8.44. The Hall–Kier alpha value is -0.380. The van der Waals surface area contributed by atoms with Gasteiger partial charge in [0.1, 0.15) is 0 Å². The summed E-state index contributed by atoms with van der Waals surface area (Å²) in [5, 5.41) is 0. The van der Waals surface area contributed by atoms with Crippen molar-refractivity contribution in [3.8, 4) is 0 Å². The van der Waals surface area contributed by atoms with E-state index in [1.807, 2.05) is 11.8 Å². The van der Waals surface area contributed by atoms with Crippen LogP contribution in [0.4, 0.5) is 5.69 Å². The van der Waals surface area contributed by atoms with Gasteiger partial charge in [0.2, 0.25) is 0 Å². The van der Waals surface area contributed by atoms with Crippen LogP contribution >= 0.6 is 23.4 Å². The van der Waals surface area contributed by atoms with Gasteiger partial charge in [-0.05, 0) is 26.0 Å². The van der Waals surface area contributed by atoms with Crippen molar-refractivity contribution in [2.45, 2.75) is 23.8 Å². The first-order valence-corrected chi connectivity index (χ1v) is 7.23. The lowest BCUT2D eigenvalue weighted by atomic mass is 9.96. The molecule has 17 heavy (non-hydrogen) atoms. The van der Waals surface area contributed by atoms with Gasteiger partial charge in [-0.1, -0.05) is 17.7 Å². The van der Waals surface area contributed by atoms with E-state index in [9.17, 15) is 0 Å². The molecular weight excluding hydrogens is 254 g/mol. The SMILES string of the molecule is Cc1ccc(N2C[C@]3(Cl)SCCO[C@]23C)cc1. The summed E-state index contributed by atoms with van der Waals surface area (Å²) in [7, 11) is 0. The van der Waals surface area contributed by atoms with E-state index in [1.165, 1.54) is 11.3 Å². The number of hydrogen-bond donors (Lipinski definition) is 0. The zero-order valence-electron chi connectivity index (χ0n) is 10.1. The fourth-order valence-corrected chi connectivity index (χ4v) is 4.14. The van der Waals surface area contributed by atoms with Crippen molar-refractivity contribution < 1.29 is 4.74 Å². The summed E-state index contributed by atoms with van der Waals surface area (Å²) in [6, 6.07) is 8.53. The fourth-order valence-electron chi connectivity index (χ4n) is 2.48. The molecule has 1 aromatic carbocycles. The molecule has 4 heteroatoms. The van der Waals surface area contributed by atoms with Crippen molar-refractivity contribution in [2.24, 2.45) is 0 Å². The van der Waals surface area contributed by atoms with Crippen molar-refractivity contribution in [3.63, 3.8) is 0 Å². The van der Waals surface area contributed by atoms with Gasteiger partial charge in [0.25, 0.3) is 0 Å². The molecule has 0 bridgehead atoms. The lowest BCUT2D eigenvalue weighted by Crippen LogP contribution is -2.76. The summed E-state index contributed by atoms with van der Waals surface area (Å²) in [6.45, 7) is 5.81. The van der Waals surface area contributed by atoms with Crippen molar-refractivity contribution in [3.05, 3.63) is 29.8 Å². The van der Waals surface area contributed by atoms with Gasteiger partial charge in [-0.3, -0.25) is 0 Å². The zero-order chi connectivity index (χ0) is 12.1. The number of nitrogens with zero attached hydrogens (tertiary/aromatic N) is 1. The highest BCUT2D eigenvalue weighted by atomic mass is 35.5. The molecule has 0 saturated carbocycles. The molecule has 0 aliphatic carbocycles. The third kappa shape index (κ3) is 1.60. The Bertz CT molecular complexity index is 438. The molecule has 2 aliphatic heterocycles. The molecule has 0 radical (unpaired) electrons. The first-order chi connectivity index (χ1) is 8.05. The number of benzene rings is 1. The van der Waals surface area contributed by atoms with Crippen LogP contribution in [0.25, 0.3) is 0 Å². The minimum absolute atomic E-state index is 0.282. The van der Waals surface area contributed by atoms with Crippen molar-refractivity contribution in [1.29, 1.82) is 0 Å². The molecule has 2 aliphatic rings. The summed E-state index contributed by atoms with van der Waals surface area (Å²) in [5.74, 6) is 0.987. The number of anilines is 1. The quantitative estimate of drug-likeness (QED) is 0.727. The van der Waals surface area contributed by atoms with Gasteiger partial charge in [-0.2, -0.15) is 0 Å². The second-order valence-corrected chi connectivity index (χ2v) is 7.09. The van der Waals surface area contributed by atoms with E-state index in [-0.39, 0.29) is 9.93 Å². The van der Waals surface area contributed by atoms with Gasteiger partial charge in [0.15, 0.2) is 9.93 Å². The number of alkyl halides is 1. The Morgan fingerprint density at radius 1 is 1.35 bits per heavy atom. The molecule has 2 heterocycles. The number of rotatable bonds is 1. The van der Waals surface area contributed by atoms with E-state index >= 15 is 0 Å². The first kappa shape index (κ1) is 11.7. The molecule has 2 fully saturated rings. The Kier molecular flexibility index (Phi) is 2.62. The monoisotopic (exact) mass is 269 g/mol. The van der Waals surface area contributed by atoms with Crippen LogP contribution in [0.2, 0.25) is 0 Å². The maximum Gasteiger partial charge on any atom is 0.168 e. The van der Waals surface area contributed by atoms with Gasteiger partial charge < -0.3 is 9.64 Å². The summed E-state index contributed by atoms with van der Waals surface area (Å²) in [6.07, 6.45) is 0. The van der Waals surface area contributed by atoms with Crippen LogP contribution in [-0.2, 0) is 4.74 Å². The standard InChI is InChI=1S/C13H16ClNOS/c1-10-3-5-11(6-4-10)15-9-13(14)12(15,2)16-7-8-17-13/h3-6H,7-9H2,1-2H3/t12-,13-/m0/s1. The number of hydrogen-bond acceptors (Lipinski definition) is 3. The average Bonchev–Trinajstić information content (AvgIpc) is 2.31. The average molecular weight is 270 g/mol. The van der Waals surface area contributed by atoms with E-state index in [4.69, 9.17) is 16.3 Å². The maximum absolute atomic E-state index is 6.62. The number of halogens is 1. The topological polar surface area (TPSA) is 12.5 Å². The predicted molar refractivity (Wildman–Crippen MR) is 73.9 cm³/mol. The molecule has 0 aromatic heterocycles. The highest BCUT2D eigenvalue weighted by Gasteiger charge is 2.64. The van der Waals surface area contributed by atoms with E-state index in [2.05, 4.69) is 43.0 Å². The Balaban J connectivity index is 1.89. The van der Waals surface area contributed by atoms with Crippen molar-refractivity contribution in [1.82, 2.24) is 0 Å². The lowest BCUT2D eigenvalue weighted by Gasteiger charge is -2.63. The first-order valence-electron chi connectivity index (χ1n) is 5.86. The van der Waals surface area contributed by atoms with Gasteiger partial charge in [-0.25, -0.2) is 0 Å². The third-order valence-corrected chi connectivity index (χ3v) is 5.85. The Morgan fingerprint density at radius 3 is 2.71 bits per heavy atom. The van der Waals surface area contributed by atoms with Crippen LogP contribution in [0.15, 0.2) is 24.3 Å². The lowest BCUT2D eigenvalue weighted by molar-refractivity contribution is -0.0781. The number of ether oxygens (including phenoxy) is 1. The predicted octanol–water partition coefficient (Wildman–Crippen LogP) is 3.23. The normalized spacial score (nSPS) is 36.3. The summed E-state index contributed by atoms with van der Waals surface area (Å²) < 4.78 is 5.66. The van der Waals surface area contributed by atoms with E-state index in [1.54, 1.807) is 0 Å². The van der Waals surface area contributed by atoms with Crippen LogP contribution in [-0.4, -0.2) is 28.8 Å². The van der Waals surface area contributed by atoms with Crippen LogP contribution in [0, 0.1) is 6.92 Å². The highest BCUT2D eigenvalue weighted by molar-refractivity contribution is 8.02. The highest BCUT2D eigenvalue weighted by Crippen LogP contribution is 2.56. The van der Waals surface area contributed by atoms with Crippen molar-refractivity contribution in [2.75, 3.05) is 23.8 Å². The maximum atomic E-state index is 6.62. The van der Waals surface area contributed by atoms with E-state index in [0.717, 1.165) is 18.9 Å². The number of thioether (sulfide) groups is 1. The molecule has 0 unspecified atom stereocenters. The minimum atomic E-state index is -0.368. The fraction of sp³-hybridized carbons (Fsp3) is 0.538. The molecule has 3 rings (SSSR count). The van der Waals surface area contributed by atoms with E-state index in [0.29, 0.717) is 0 Å². The zero-order valence-corrected chi connectivity index (χ0v) is 11.6. The van der Waals surface area contributed by atoms with Crippen LogP contribution in [0.5, 0.6) is 0 Å². The Morgan fingerprint density at radius 2 is 2.06 bits per heavy atom. The van der Waals surface area contributed by atoms with Gasteiger partial charge in [0.05, 0.1) is 13.2 Å². The molecule has 2 saturated heterocycles. The second kappa shape index (κ2) is 3.81.